The van der Waals surface area contributed by atoms with Gasteiger partial charge in [0.15, 0.2) is 0 Å². The van der Waals surface area contributed by atoms with E-state index >= 15 is 0 Å². The molecule has 3 rings (SSSR count). The molecule has 1 aliphatic carbocycles. The van der Waals surface area contributed by atoms with Crippen molar-refractivity contribution in [1.82, 2.24) is 0 Å². The van der Waals surface area contributed by atoms with E-state index in [4.69, 9.17) is 9.47 Å². The van der Waals surface area contributed by atoms with Crippen molar-refractivity contribution < 1.29 is 14.6 Å². The number of aliphatic hydroxyl groups excluding tert-OH is 1. The molecule has 1 aromatic carbocycles. The van der Waals surface area contributed by atoms with Gasteiger partial charge >= 0.3 is 0 Å². The number of rotatable bonds is 1. The molecule has 3 heteroatoms. The third-order valence-corrected chi connectivity index (χ3v) is 4.66. The van der Waals surface area contributed by atoms with Gasteiger partial charge in [-0.1, -0.05) is 6.92 Å². The lowest BCUT2D eigenvalue weighted by Crippen LogP contribution is -2.43. The number of hydrogen-bond donors (Lipinski definition) is 1. The standard InChI is InChI=1S/C16H22O3/c1-11-5-7-16(8-6-11)10-14(17)13-4-3-12(18-2)9-15(13)19-16/h3-4,9,11,14,17H,5-8,10H2,1-2H3. The van der Waals surface area contributed by atoms with Crippen molar-refractivity contribution in [3.8, 4) is 11.5 Å². The summed E-state index contributed by atoms with van der Waals surface area (Å²) < 4.78 is 11.5. The summed E-state index contributed by atoms with van der Waals surface area (Å²) in [7, 11) is 1.65. The van der Waals surface area contributed by atoms with Crippen LogP contribution in [0.1, 0.15) is 50.7 Å². The Morgan fingerprint density at radius 2 is 2.05 bits per heavy atom. The Balaban J connectivity index is 1.89. The lowest BCUT2D eigenvalue weighted by atomic mass is 9.74. The Kier molecular flexibility index (Phi) is 3.17. The first-order valence-corrected chi connectivity index (χ1v) is 7.17. The molecule has 19 heavy (non-hydrogen) atoms. The fraction of sp³-hybridized carbons (Fsp3) is 0.625. The van der Waals surface area contributed by atoms with Crippen LogP contribution in [0.4, 0.5) is 0 Å². The molecule has 1 aliphatic heterocycles. The maximum Gasteiger partial charge on any atom is 0.129 e. The maximum absolute atomic E-state index is 10.4. The molecule has 0 saturated heterocycles. The van der Waals surface area contributed by atoms with Crippen LogP contribution in [-0.4, -0.2) is 17.8 Å². The van der Waals surface area contributed by atoms with Crippen molar-refractivity contribution in [3.63, 3.8) is 0 Å². The van der Waals surface area contributed by atoms with Gasteiger partial charge in [0.05, 0.1) is 13.2 Å². The van der Waals surface area contributed by atoms with E-state index in [1.165, 1.54) is 12.8 Å². The zero-order valence-corrected chi connectivity index (χ0v) is 11.7. The molecule has 3 nitrogen and oxygen atoms in total. The van der Waals surface area contributed by atoms with Crippen LogP contribution < -0.4 is 9.47 Å². The van der Waals surface area contributed by atoms with Crippen LogP contribution in [0.5, 0.6) is 11.5 Å². The molecule has 1 heterocycles. The van der Waals surface area contributed by atoms with Crippen molar-refractivity contribution in [1.29, 1.82) is 0 Å². The molecule has 0 radical (unpaired) electrons. The van der Waals surface area contributed by atoms with Gasteiger partial charge < -0.3 is 14.6 Å². The van der Waals surface area contributed by atoms with Crippen LogP contribution >= 0.6 is 0 Å². The SMILES string of the molecule is COc1ccc2c(c1)OC1(CCC(C)CC1)CC2O. The number of benzene rings is 1. The molecule has 104 valence electrons. The summed E-state index contributed by atoms with van der Waals surface area (Å²) in [5.41, 5.74) is 0.732. The van der Waals surface area contributed by atoms with Crippen LogP contribution in [0.15, 0.2) is 18.2 Å². The van der Waals surface area contributed by atoms with E-state index in [2.05, 4.69) is 6.92 Å². The van der Waals surface area contributed by atoms with E-state index in [9.17, 15) is 5.11 Å². The summed E-state index contributed by atoms with van der Waals surface area (Å²) in [5, 5.41) is 10.4. The molecule has 1 spiro atoms. The molecule has 1 saturated carbocycles. The number of hydrogen-bond acceptors (Lipinski definition) is 3. The second-order valence-corrected chi connectivity index (χ2v) is 6.09. The smallest absolute Gasteiger partial charge is 0.129 e. The van der Waals surface area contributed by atoms with E-state index in [-0.39, 0.29) is 5.60 Å². The van der Waals surface area contributed by atoms with Crippen LogP contribution in [0, 0.1) is 5.92 Å². The van der Waals surface area contributed by atoms with E-state index in [1.54, 1.807) is 7.11 Å². The van der Waals surface area contributed by atoms with Gasteiger partial charge in [0.1, 0.15) is 17.1 Å². The maximum atomic E-state index is 10.4. The van der Waals surface area contributed by atoms with E-state index in [0.717, 1.165) is 42.2 Å². The van der Waals surface area contributed by atoms with E-state index < -0.39 is 6.10 Å². The highest BCUT2D eigenvalue weighted by atomic mass is 16.5. The van der Waals surface area contributed by atoms with Crippen molar-refractivity contribution in [2.24, 2.45) is 5.92 Å². The molecular weight excluding hydrogens is 240 g/mol. The molecule has 1 unspecified atom stereocenters. The average Bonchev–Trinajstić information content (AvgIpc) is 2.42. The fourth-order valence-corrected chi connectivity index (χ4v) is 3.34. The van der Waals surface area contributed by atoms with Gasteiger partial charge in [-0.25, -0.2) is 0 Å². The lowest BCUT2D eigenvalue weighted by molar-refractivity contribution is -0.0455. The summed E-state index contributed by atoms with van der Waals surface area (Å²) in [6.07, 6.45) is 4.77. The Hall–Kier alpha value is -1.22. The van der Waals surface area contributed by atoms with Crippen molar-refractivity contribution in [2.75, 3.05) is 7.11 Å². The molecule has 1 atom stereocenters. The summed E-state index contributed by atoms with van der Waals surface area (Å²) in [4.78, 5) is 0. The summed E-state index contributed by atoms with van der Waals surface area (Å²) in [5.74, 6) is 2.36. The Morgan fingerprint density at radius 1 is 1.32 bits per heavy atom. The lowest BCUT2D eigenvalue weighted by Gasteiger charge is -2.44. The van der Waals surface area contributed by atoms with Gasteiger partial charge in [-0.3, -0.25) is 0 Å². The number of methoxy groups -OCH3 is 1. The van der Waals surface area contributed by atoms with Gasteiger partial charge in [-0.15, -0.1) is 0 Å². The van der Waals surface area contributed by atoms with Gasteiger partial charge in [0.2, 0.25) is 0 Å². The molecular formula is C16H22O3. The minimum atomic E-state index is -0.414. The molecule has 2 aliphatic rings. The molecule has 1 fully saturated rings. The quantitative estimate of drug-likeness (QED) is 0.842. The second kappa shape index (κ2) is 4.71. The molecule has 1 aromatic rings. The van der Waals surface area contributed by atoms with Gasteiger partial charge in [-0.05, 0) is 43.7 Å². The predicted octanol–water partition coefficient (Wildman–Crippen LogP) is 3.46. The minimum Gasteiger partial charge on any atom is -0.497 e. The highest BCUT2D eigenvalue weighted by molar-refractivity contribution is 5.44. The third kappa shape index (κ3) is 2.32. The number of ether oxygens (including phenoxy) is 2. The van der Waals surface area contributed by atoms with Crippen LogP contribution in [0.25, 0.3) is 0 Å². The van der Waals surface area contributed by atoms with Gasteiger partial charge in [-0.2, -0.15) is 0 Å². The molecule has 0 bridgehead atoms. The molecule has 1 N–H and O–H groups in total. The van der Waals surface area contributed by atoms with Crippen molar-refractivity contribution in [3.05, 3.63) is 23.8 Å². The zero-order valence-electron chi connectivity index (χ0n) is 11.7. The first-order valence-electron chi connectivity index (χ1n) is 7.17. The van der Waals surface area contributed by atoms with Gasteiger partial charge in [0, 0.05) is 18.1 Å². The first kappa shape index (κ1) is 12.8. The van der Waals surface area contributed by atoms with Crippen molar-refractivity contribution in [2.45, 2.75) is 50.7 Å². The fourth-order valence-electron chi connectivity index (χ4n) is 3.34. The summed E-state index contributed by atoms with van der Waals surface area (Å²) >= 11 is 0. The highest BCUT2D eigenvalue weighted by Crippen LogP contribution is 2.47. The van der Waals surface area contributed by atoms with Crippen LogP contribution in [0.3, 0.4) is 0 Å². The van der Waals surface area contributed by atoms with Crippen LogP contribution in [0.2, 0.25) is 0 Å². The number of fused-ring (bicyclic) bond motifs is 1. The normalized spacial score (nSPS) is 33.6. The Bertz CT molecular complexity index is 461. The van der Waals surface area contributed by atoms with Gasteiger partial charge in [0.25, 0.3) is 0 Å². The minimum absolute atomic E-state index is 0.161. The number of aliphatic hydroxyl groups is 1. The van der Waals surface area contributed by atoms with Crippen LogP contribution in [-0.2, 0) is 0 Å². The van der Waals surface area contributed by atoms with Crippen molar-refractivity contribution >= 4 is 0 Å². The Morgan fingerprint density at radius 3 is 2.74 bits per heavy atom. The summed E-state index contributed by atoms with van der Waals surface area (Å²) in [6, 6.07) is 5.70. The topological polar surface area (TPSA) is 38.7 Å². The second-order valence-electron chi connectivity index (χ2n) is 6.09. The zero-order chi connectivity index (χ0) is 13.5. The predicted molar refractivity (Wildman–Crippen MR) is 73.6 cm³/mol. The monoisotopic (exact) mass is 262 g/mol. The first-order chi connectivity index (χ1) is 9.12. The molecule has 0 aromatic heterocycles. The van der Waals surface area contributed by atoms with E-state index in [1.807, 2.05) is 18.2 Å². The third-order valence-electron chi connectivity index (χ3n) is 4.66. The Labute approximate surface area is 114 Å². The molecule has 0 amide bonds. The highest BCUT2D eigenvalue weighted by Gasteiger charge is 2.42. The van der Waals surface area contributed by atoms with E-state index in [0.29, 0.717) is 0 Å². The summed E-state index contributed by atoms with van der Waals surface area (Å²) in [6.45, 7) is 2.29. The average molecular weight is 262 g/mol. The largest absolute Gasteiger partial charge is 0.497 e.